The zero-order valence-electron chi connectivity index (χ0n) is 26.0. The third-order valence-electron chi connectivity index (χ3n) is 10.3. The molecule has 5 aromatic rings. The van der Waals surface area contributed by atoms with Crippen molar-refractivity contribution >= 4 is 0 Å². The minimum Gasteiger partial charge on any atom is -0.385 e. The lowest BCUT2D eigenvalue weighted by Crippen LogP contribution is -2.34. The van der Waals surface area contributed by atoms with E-state index in [1.54, 1.807) is 0 Å². The van der Waals surface area contributed by atoms with Gasteiger partial charge in [0.25, 0.3) is 0 Å². The predicted molar refractivity (Wildman–Crippen MR) is 189 cm³/mol. The molecule has 5 aromatic carbocycles. The quantitative estimate of drug-likeness (QED) is 0.197. The molecule has 0 spiro atoms. The first-order valence-electron chi connectivity index (χ1n) is 16.2. The highest BCUT2D eigenvalue weighted by Crippen LogP contribution is 2.60. The molecule has 2 heteroatoms. The first-order chi connectivity index (χ1) is 22.6. The normalized spacial score (nSPS) is 19.0. The van der Waals surface area contributed by atoms with Gasteiger partial charge in [-0.3, -0.25) is 0 Å². The molecule has 0 radical (unpaired) electrons. The number of nitrogens with two attached hydrogens (primary N) is 1. The van der Waals surface area contributed by atoms with Crippen molar-refractivity contribution in [2.24, 2.45) is 5.73 Å². The second-order valence-electron chi connectivity index (χ2n) is 12.8. The van der Waals surface area contributed by atoms with Crippen LogP contribution in [0.2, 0.25) is 0 Å². The summed E-state index contributed by atoms with van der Waals surface area (Å²) in [6.07, 6.45) is 8.52. The van der Waals surface area contributed by atoms with Gasteiger partial charge in [0.1, 0.15) is 0 Å². The van der Waals surface area contributed by atoms with E-state index in [9.17, 15) is 5.11 Å². The van der Waals surface area contributed by atoms with Crippen molar-refractivity contribution < 1.29 is 5.11 Å². The Labute approximate surface area is 271 Å². The Morgan fingerprint density at radius 2 is 1.26 bits per heavy atom. The van der Waals surface area contributed by atoms with Crippen LogP contribution in [-0.4, -0.2) is 17.3 Å². The van der Waals surface area contributed by atoms with Crippen molar-refractivity contribution in [3.63, 3.8) is 0 Å². The molecular weight excluding hydrogens is 558 g/mol. The summed E-state index contributed by atoms with van der Waals surface area (Å²) in [7, 11) is 0. The Balaban J connectivity index is 1.31. The smallest absolute Gasteiger partial charge is 0.0953 e. The van der Waals surface area contributed by atoms with Crippen LogP contribution in [-0.2, 0) is 5.41 Å². The van der Waals surface area contributed by atoms with Crippen LogP contribution in [0.5, 0.6) is 0 Å². The van der Waals surface area contributed by atoms with Gasteiger partial charge < -0.3 is 10.8 Å². The molecule has 2 nitrogen and oxygen atoms in total. The lowest BCUT2D eigenvalue weighted by atomic mass is 9.65. The highest BCUT2D eigenvalue weighted by atomic mass is 16.3. The summed E-state index contributed by atoms with van der Waals surface area (Å²) >= 11 is 0. The van der Waals surface area contributed by atoms with E-state index in [4.69, 9.17) is 5.73 Å². The second kappa shape index (κ2) is 11.4. The molecule has 0 saturated heterocycles. The number of allylic oxidation sites excluding steroid dienone is 5. The minimum absolute atomic E-state index is 0.0481. The van der Waals surface area contributed by atoms with Crippen molar-refractivity contribution in [3.8, 4) is 22.3 Å². The summed E-state index contributed by atoms with van der Waals surface area (Å²) in [6, 6.07) is 47.2. The average Bonchev–Trinajstić information content (AvgIpc) is 3.80. The monoisotopic (exact) mass is 595 g/mol. The summed E-state index contributed by atoms with van der Waals surface area (Å²) in [5.41, 5.74) is 21.3. The first kappa shape index (κ1) is 28.5. The van der Waals surface area contributed by atoms with Gasteiger partial charge in [0, 0.05) is 12.0 Å². The number of hydrogen-bond donors (Lipinski definition) is 2. The zero-order valence-corrected chi connectivity index (χ0v) is 26.0. The highest BCUT2D eigenvalue weighted by Gasteiger charge is 2.51. The van der Waals surface area contributed by atoms with E-state index < -0.39 is 11.5 Å². The number of aliphatic hydroxyl groups excluding tert-OH is 1. The molecule has 8 rings (SSSR count). The molecule has 224 valence electrons. The molecule has 3 unspecified atom stereocenters. The van der Waals surface area contributed by atoms with E-state index in [0.29, 0.717) is 0 Å². The van der Waals surface area contributed by atoms with E-state index >= 15 is 0 Å². The van der Waals surface area contributed by atoms with Crippen LogP contribution in [0.25, 0.3) is 22.3 Å². The van der Waals surface area contributed by atoms with Crippen molar-refractivity contribution in [1.82, 2.24) is 0 Å². The Bertz CT molecular complexity index is 2020. The van der Waals surface area contributed by atoms with Crippen LogP contribution in [0.3, 0.4) is 0 Å². The van der Waals surface area contributed by atoms with Crippen molar-refractivity contribution in [3.05, 3.63) is 202 Å². The number of aliphatic hydroxyl groups is 1. The van der Waals surface area contributed by atoms with Gasteiger partial charge in [0.15, 0.2) is 0 Å². The number of benzene rings is 5. The molecule has 0 aromatic heterocycles. The fourth-order valence-corrected chi connectivity index (χ4v) is 8.31. The molecule has 46 heavy (non-hydrogen) atoms. The molecule has 3 N–H and O–H groups in total. The summed E-state index contributed by atoms with van der Waals surface area (Å²) in [4.78, 5) is 0. The largest absolute Gasteiger partial charge is 0.385 e. The fraction of sp³-hybridized carbons (Fsp3) is 0.136. The first-order valence-corrected chi connectivity index (χ1v) is 16.2. The van der Waals surface area contributed by atoms with Gasteiger partial charge in [-0.25, -0.2) is 0 Å². The van der Waals surface area contributed by atoms with E-state index in [2.05, 4.69) is 153 Å². The molecular formula is C44H37NO. The minimum atomic E-state index is -0.666. The van der Waals surface area contributed by atoms with Crippen LogP contribution >= 0.6 is 0 Å². The lowest BCUT2D eigenvalue weighted by Gasteiger charge is -2.37. The van der Waals surface area contributed by atoms with E-state index in [1.807, 2.05) is 12.2 Å². The van der Waals surface area contributed by atoms with Gasteiger partial charge >= 0.3 is 0 Å². The van der Waals surface area contributed by atoms with Gasteiger partial charge in [-0.05, 0) is 74.6 Å². The third-order valence-corrected chi connectivity index (χ3v) is 10.3. The van der Waals surface area contributed by atoms with E-state index in [0.717, 1.165) is 12.0 Å². The standard InChI is InChI=1S/C44H37NO/c1-29-27-32(43(45)42(31-17-6-3-7-18-31)36-22-9-8-19-33(36)30-15-4-2-5-16-30)28-40(29)44(39-25-14-26-41(39)46)37-23-12-10-20-34(37)35-21-11-13-24-38(35)44/h2-26,28,41-43,46H,27,45H2,1H3. The van der Waals surface area contributed by atoms with Gasteiger partial charge in [0.05, 0.1) is 11.5 Å². The number of hydrogen-bond acceptors (Lipinski definition) is 2. The average molecular weight is 596 g/mol. The summed E-state index contributed by atoms with van der Waals surface area (Å²) in [5, 5.41) is 11.5. The number of fused-ring (bicyclic) bond motifs is 3. The molecule has 0 bridgehead atoms. The molecule has 0 amide bonds. The maximum atomic E-state index is 11.5. The Kier molecular flexibility index (Phi) is 7.06. The van der Waals surface area contributed by atoms with Gasteiger partial charge in [-0.2, -0.15) is 0 Å². The van der Waals surface area contributed by atoms with Crippen LogP contribution in [0.4, 0.5) is 0 Å². The summed E-state index contributed by atoms with van der Waals surface area (Å²) in [6.45, 7) is 2.25. The van der Waals surface area contributed by atoms with Crippen molar-refractivity contribution in [2.45, 2.75) is 36.8 Å². The second-order valence-corrected chi connectivity index (χ2v) is 12.8. The maximum Gasteiger partial charge on any atom is 0.0953 e. The SMILES string of the molecule is CC1=C(C2(C3=CC=CC3O)c3ccccc3-c3ccccc32)C=C(C(N)C(c2ccccc2)c2ccccc2-c2ccccc2)C1. The van der Waals surface area contributed by atoms with Crippen LogP contribution < -0.4 is 5.73 Å². The molecule has 0 saturated carbocycles. The Hall–Kier alpha value is -5.02. The van der Waals surface area contributed by atoms with Crippen molar-refractivity contribution in [1.29, 1.82) is 0 Å². The topological polar surface area (TPSA) is 46.2 Å². The molecule has 0 aliphatic heterocycles. The number of rotatable bonds is 7. The van der Waals surface area contributed by atoms with Gasteiger partial charge in [-0.15, -0.1) is 0 Å². The molecule has 0 fully saturated rings. The maximum absolute atomic E-state index is 11.5. The molecule has 3 aliphatic carbocycles. The van der Waals surface area contributed by atoms with Gasteiger partial charge in [0.2, 0.25) is 0 Å². The molecule has 3 aliphatic rings. The van der Waals surface area contributed by atoms with E-state index in [-0.39, 0.29) is 12.0 Å². The Morgan fingerprint density at radius 3 is 1.89 bits per heavy atom. The van der Waals surface area contributed by atoms with Crippen molar-refractivity contribution in [2.75, 3.05) is 0 Å². The summed E-state index contributed by atoms with van der Waals surface area (Å²) in [5.74, 6) is -0.0481. The van der Waals surface area contributed by atoms with Crippen LogP contribution in [0.15, 0.2) is 180 Å². The highest BCUT2D eigenvalue weighted by molar-refractivity contribution is 5.87. The zero-order chi connectivity index (χ0) is 31.3. The van der Waals surface area contributed by atoms with Crippen LogP contribution in [0, 0.1) is 0 Å². The third kappa shape index (κ3) is 4.33. The predicted octanol–water partition coefficient (Wildman–Crippen LogP) is 9.28. The molecule has 0 heterocycles. The molecule has 3 atom stereocenters. The lowest BCUT2D eigenvalue weighted by molar-refractivity contribution is 0.250. The summed E-state index contributed by atoms with van der Waals surface area (Å²) < 4.78 is 0. The fourth-order valence-electron chi connectivity index (χ4n) is 8.31. The Morgan fingerprint density at radius 1 is 0.696 bits per heavy atom. The van der Waals surface area contributed by atoms with E-state index in [1.165, 1.54) is 61.2 Å². The van der Waals surface area contributed by atoms with Crippen LogP contribution in [0.1, 0.15) is 41.5 Å². The van der Waals surface area contributed by atoms with Gasteiger partial charge in [-0.1, -0.05) is 163 Å².